The van der Waals surface area contributed by atoms with Gasteiger partial charge in [-0.3, -0.25) is 0 Å². The van der Waals surface area contributed by atoms with E-state index < -0.39 is 0 Å². The van der Waals surface area contributed by atoms with E-state index in [1.165, 1.54) is 0 Å². The summed E-state index contributed by atoms with van der Waals surface area (Å²) >= 11 is 0. The molecule has 0 aliphatic rings. The van der Waals surface area contributed by atoms with Crippen LogP contribution in [-0.2, 0) is 0 Å². The molecule has 0 bridgehead atoms. The van der Waals surface area contributed by atoms with Gasteiger partial charge in [-0.1, -0.05) is 18.2 Å². The van der Waals surface area contributed by atoms with Crippen LogP contribution in [0.25, 0.3) is 11.3 Å². The second-order valence-corrected chi connectivity index (χ2v) is 5.91. The molecule has 0 amide bonds. The fourth-order valence-corrected chi connectivity index (χ4v) is 2.67. The van der Waals surface area contributed by atoms with Crippen LogP contribution in [0.2, 0.25) is 0 Å². The highest BCUT2D eigenvalue weighted by Gasteiger charge is 2.11. The summed E-state index contributed by atoms with van der Waals surface area (Å²) in [5, 5.41) is 3.24. The van der Waals surface area contributed by atoms with E-state index in [0.717, 1.165) is 22.8 Å². The van der Waals surface area contributed by atoms with E-state index in [4.69, 9.17) is 9.47 Å². The van der Waals surface area contributed by atoms with Crippen LogP contribution in [0.4, 0.5) is 11.5 Å². The fourth-order valence-electron chi connectivity index (χ4n) is 2.67. The zero-order chi connectivity index (χ0) is 19.2. The minimum absolute atomic E-state index is 0.432. The molecule has 0 saturated heterocycles. The van der Waals surface area contributed by atoms with Gasteiger partial charge in [0.1, 0.15) is 23.0 Å². The van der Waals surface area contributed by atoms with E-state index in [2.05, 4.69) is 20.3 Å². The van der Waals surface area contributed by atoms with Gasteiger partial charge in [0.15, 0.2) is 0 Å². The predicted octanol–water partition coefficient (Wildman–Crippen LogP) is 5.08. The number of hydrogen-bond acceptors (Lipinski definition) is 6. The van der Waals surface area contributed by atoms with Crippen molar-refractivity contribution < 1.29 is 9.47 Å². The van der Waals surface area contributed by atoms with Gasteiger partial charge in [0, 0.05) is 29.8 Å². The molecule has 4 aromatic rings. The molecule has 2 heterocycles. The molecular formula is C22H18N4O2. The third-order valence-corrected chi connectivity index (χ3v) is 4.01. The quantitative estimate of drug-likeness (QED) is 0.510. The number of nitrogens with one attached hydrogen (secondary N) is 1. The molecule has 0 aliphatic carbocycles. The number of nitrogens with zero attached hydrogens (tertiary/aromatic N) is 3. The first-order valence-corrected chi connectivity index (χ1v) is 8.73. The molecular weight excluding hydrogens is 352 g/mol. The Morgan fingerprint density at radius 1 is 0.750 bits per heavy atom. The first-order valence-electron chi connectivity index (χ1n) is 8.73. The molecule has 0 unspecified atom stereocenters. The van der Waals surface area contributed by atoms with Gasteiger partial charge in [-0.05, 0) is 48.5 Å². The molecule has 4 rings (SSSR count). The lowest BCUT2D eigenvalue weighted by Gasteiger charge is -2.11. The Bertz CT molecular complexity index is 1050. The molecule has 0 spiro atoms. The van der Waals surface area contributed by atoms with Crippen molar-refractivity contribution in [3.05, 3.63) is 85.3 Å². The summed E-state index contributed by atoms with van der Waals surface area (Å²) in [4.78, 5) is 13.0. The zero-order valence-electron chi connectivity index (χ0n) is 15.2. The third-order valence-electron chi connectivity index (χ3n) is 4.01. The third kappa shape index (κ3) is 4.07. The van der Waals surface area contributed by atoms with Gasteiger partial charge in [-0.2, -0.15) is 0 Å². The molecule has 2 aromatic heterocycles. The van der Waals surface area contributed by atoms with E-state index in [-0.39, 0.29) is 0 Å². The molecule has 2 aromatic carbocycles. The van der Waals surface area contributed by atoms with E-state index in [0.29, 0.717) is 17.3 Å². The molecule has 28 heavy (non-hydrogen) atoms. The van der Waals surface area contributed by atoms with E-state index >= 15 is 0 Å². The van der Waals surface area contributed by atoms with Crippen molar-refractivity contribution in [2.24, 2.45) is 0 Å². The fraction of sp³-hybridized carbons (Fsp3) is 0.0455. The maximum atomic E-state index is 5.98. The highest BCUT2D eigenvalue weighted by Crippen LogP contribution is 2.31. The smallest absolute Gasteiger partial charge is 0.246 e. The number of anilines is 2. The molecule has 0 saturated carbocycles. The molecule has 0 atom stereocenters. The van der Waals surface area contributed by atoms with Crippen molar-refractivity contribution in [3.8, 4) is 28.6 Å². The van der Waals surface area contributed by atoms with E-state index in [1.807, 2.05) is 66.7 Å². The van der Waals surface area contributed by atoms with Crippen LogP contribution in [-0.4, -0.2) is 22.1 Å². The first kappa shape index (κ1) is 17.5. The normalized spacial score (nSPS) is 10.3. The summed E-state index contributed by atoms with van der Waals surface area (Å²) in [5.74, 6) is 2.63. The lowest BCUT2D eigenvalue weighted by molar-refractivity contribution is 0.415. The highest BCUT2D eigenvalue weighted by molar-refractivity contribution is 5.66. The van der Waals surface area contributed by atoms with Crippen LogP contribution in [0.3, 0.4) is 0 Å². The zero-order valence-corrected chi connectivity index (χ0v) is 15.2. The number of pyridine rings is 1. The van der Waals surface area contributed by atoms with Crippen LogP contribution in [0.1, 0.15) is 0 Å². The van der Waals surface area contributed by atoms with Gasteiger partial charge in [0.2, 0.25) is 5.88 Å². The van der Waals surface area contributed by atoms with Crippen LogP contribution in [0.5, 0.6) is 17.4 Å². The van der Waals surface area contributed by atoms with Crippen LogP contribution >= 0.6 is 0 Å². The van der Waals surface area contributed by atoms with Crippen LogP contribution in [0.15, 0.2) is 85.3 Å². The van der Waals surface area contributed by atoms with Crippen molar-refractivity contribution in [1.82, 2.24) is 15.0 Å². The summed E-state index contributed by atoms with van der Waals surface area (Å²) < 4.78 is 11.3. The molecule has 0 radical (unpaired) electrons. The predicted molar refractivity (Wildman–Crippen MR) is 108 cm³/mol. The van der Waals surface area contributed by atoms with Crippen molar-refractivity contribution >= 4 is 11.5 Å². The van der Waals surface area contributed by atoms with Gasteiger partial charge in [-0.15, -0.1) is 0 Å². The minimum Gasteiger partial charge on any atom is -0.497 e. The van der Waals surface area contributed by atoms with Crippen molar-refractivity contribution in [3.63, 3.8) is 0 Å². The van der Waals surface area contributed by atoms with Gasteiger partial charge < -0.3 is 14.8 Å². The molecule has 138 valence electrons. The Hall–Kier alpha value is -3.93. The molecule has 0 aliphatic heterocycles. The van der Waals surface area contributed by atoms with Gasteiger partial charge in [0.05, 0.1) is 7.11 Å². The van der Waals surface area contributed by atoms with Gasteiger partial charge >= 0.3 is 0 Å². The number of methoxy groups -OCH3 is 1. The second kappa shape index (κ2) is 8.18. The van der Waals surface area contributed by atoms with E-state index in [9.17, 15) is 0 Å². The van der Waals surface area contributed by atoms with Crippen LogP contribution in [0, 0.1) is 0 Å². The molecule has 0 fully saturated rings. The Kier molecular flexibility index (Phi) is 5.11. The maximum absolute atomic E-state index is 5.98. The lowest BCUT2D eigenvalue weighted by atomic mass is 10.1. The van der Waals surface area contributed by atoms with Crippen molar-refractivity contribution in [1.29, 1.82) is 0 Å². The highest BCUT2D eigenvalue weighted by atomic mass is 16.5. The summed E-state index contributed by atoms with van der Waals surface area (Å²) in [6.45, 7) is 0. The average Bonchev–Trinajstić information content (AvgIpc) is 2.76. The number of rotatable bonds is 6. The van der Waals surface area contributed by atoms with E-state index in [1.54, 1.807) is 25.7 Å². The molecule has 1 N–H and O–H groups in total. The topological polar surface area (TPSA) is 69.2 Å². The number of aromatic nitrogens is 3. The van der Waals surface area contributed by atoms with Crippen molar-refractivity contribution in [2.45, 2.75) is 0 Å². The lowest BCUT2D eigenvalue weighted by Crippen LogP contribution is -1.95. The summed E-state index contributed by atoms with van der Waals surface area (Å²) in [5.41, 5.74) is 2.44. The Morgan fingerprint density at radius 3 is 2.39 bits per heavy atom. The SMILES string of the molecule is COc1cccc(-c2nccnc2Oc2ccc(Nc3ccccn3)cc2)c1. The summed E-state index contributed by atoms with van der Waals surface area (Å²) in [6, 6.07) is 20.9. The van der Waals surface area contributed by atoms with Gasteiger partial charge in [0.25, 0.3) is 0 Å². The largest absolute Gasteiger partial charge is 0.497 e. The summed E-state index contributed by atoms with van der Waals surface area (Å²) in [6.07, 6.45) is 4.99. The minimum atomic E-state index is 0.432. The maximum Gasteiger partial charge on any atom is 0.246 e. The monoisotopic (exact) mass is 370 g/mol. The van der Waals surface area contributed by atoms with Crippen molar-refractivity contribution in [2.75, 3.05) is 12.4 Å². The number of hydrogen-bond donors (Lipinski definition) is 1. The molecule has 6 nitrogen and oxygen atoms in total. The first-order chi connectivity index (χ1) is 13.8. The Labute approximate surface area is 162 Å². The Morgan fingerprint density at radius 2 is 1.61 bits per heavy atom. The van der Waals surface area contributed by atoms with Crippen LogP contribution < -0.4 is 14.8 Å². The molecule has 6 heteroatoms. The average molecular weight is 370 g/mol. The Balaban J connectivity index is 1.55. The number of ether oxygens (including phenoxy) is 2. The standard InChI is InChI=1S/C22H18N4O2/c1-27-19-6-4-5-16(15-19)21-22(25-14-13-24-21)28-18-10-8-17(9-11-18)26-20-7-2-3-12-23-20/h2-15H,1H3,(H,23,26). The second-order valence-electron chi connectivity index (χ2n) is 5.91. The summed E-state index contributed by atoms with van der Waals surface area (Å²) in [7, 11) is 1.63. The number of benzene rings is 2. The van der Waals surface area contributed by atoms with Gasteiger partial charge in [-0.25, -0.2) is 15.0 Å².